The second kappa shape index (κ2) is 4.88. The molecule has 0 radical (unpaired) electrons. The zero-order valence-corrected chi connectivity index (χ0v) is 7.81. The van der Waals surface area contributed by atoms with Crippen LogP contribution in [0.25, 0.3) is 0 Å². The van der Waals surface area contributed by atoms with Gasteiger partial charge in [0, 0.05) is 0 Å². The standard InChI is InChI=1S/C8H17P/c1-7(2)5-9-6-8(3)4/h5-9H,1-4H3. The molecule has 0 amide bonds. The molecule has 0 bridgehead atoms. The van der Waals surface area contributed by atoms with Crippen molar-refractivity contribution >= 4 is 19.4 Å². The Morgan fingerprint density at radius 2 is 1.22 bits per heavy atom. The van der Waals surface area contributed by atoms with E-state index in [0.29, 0.717) is 0 Å². The summed E-state index contributed by atoms with van der Waals surface area (Å²) >= 11 is 0. The largest absolute Gasteiger partial charge is 0.148 e. The fraction of sp³-hybridized carbons (Fsp3) is 0.750. The van der Waals surface area contributed by atoms with Crippen molar-refractivity contribution in [3.63, 3.8) is 0 Å². The summed E-state index contributed by atoms with van der Waals surface area (Å²) in [6, 6.07) is 0. The normalized spacial score (nSPS) is 10.9. The predicted octanol–water partition coefficient (Wildman–Crippen LogP) is 2.58. The third-order valence-electron chi connectivity index (χ3n) is 0.859. The molecule has 0 fully saturated rings. The van der Waals surface area contributed by atoms with Gasteiger partial charge >= 0.3 is 0 Å². The second-order valence-electron chi connectivity index (χ2n) is 2.99. The second-order valence-corrected chi connectivity index (χ2v) is 3.99. The minimum Gasteiger partial charge on any atom is -0.148 e. The Kier molecular flexibility index (Phi) is 4.90. The van der Waals surface area contributed by atoms with Crippen molar-refractivity contribution in [2.24, 2.45) is 11.8 Å². The highest BCUT2D eigenvalue weighted by Crippen LogP contribution is 1.93. The van der Waals surface area contributed by atoms with Gasteiger partial charge in [-0.15, -0.1) is 7.83 Å². The molecule has 0 aromatic rings. The summed E-state index contributed by atoms with van der Waals surface area (Å²) in [6.45, 7) is 8.89. The summed E-state index contributed by atoms with van der Waals surface area (Å²) < 4.78 is 0. The van der Waals surface area contributed by atoms with Crippen molar-refractivity contribution in [1.29, 1.82) is 0 Å². The Balaban J connectivity index is 3.67. The molecule has 0 N–H and O–H groups in total. The minimum atomic E-state index is 0.748. The summed E-state index contributed by atoms with van der Waals surface area (Å²) in [5.41, 5.74) is 0. The summed E-state index contributed by atoms with van der Waals surface area (Å²) in [5, 5.41) is 0. The number of hydrogen-bond acceptors (Lipinski definition) is 0. The Hall–Kier alpha value is 0.0400. The van der Waals surface area contributed by atoms with E-state index in [1.54, 1.807) is 0 Å². The van der Waals surface area contributed by atoms with Gasteiger partial charge in [-0.1, -0.05) is 39.3 Å². The van der Waals surface area contributed by atoms with Gasteiger partial charge in [-0.3, -0.25) is 0 Å². The fourth-order valence-electron chi connectivity index (χ4n) is 0.440. The van der Waals surface area contributed by atoms with Crippen molar-refractivity contribution in [1.82, 2.24) is 0 Å². The van der Waals surface area contributed by atoms with Gasteiger partial charge in [0.05, 0.1) is 0 Å². The molecular formula is C8H17P. The van der Waals surface area contributed by atoms with Crippen LogP contribution in [0.2, 0.25) is 0 Å². The van der Waals surface area contributed by atoms with Gasteiger partial charge < -0.3 is 0 Å². The molecule has 0 spiro atoms. The fourth-order valence-corrected chi connectivity index (χ4v) is 1.32. The third kappa shape index (κ3) is 8.04. The molecule has 0 saturated heterocycles. The van der Waals surface area contributed by atoms with Crippen molar-refractivity contribution < 1.29 is 0 Å². The van der Waals surface area contributed by atoms with Gasteiger partial charge in [0.25, 0.3) is 0 Å². The molecule has 0 atom stereocenters. The van der Waals surface area contributed by atoms with E-state index in [-0.39, 0.29) is 0 Å². The maximum Gasteiger partial charge on any atom is -0.0253 e. The summed E-state index contributed by atoms with van der Waals surface area (Å²) in [6.07, 6.45) is 0. The molecule has 0 aliphatic heterocycles. The SMILES string of the molecule is CC(C)C=[PH]=CC(C)C. The van der Waals surface area contributed by atoms with Crippen LogP contribution in [0, 0.1) is 11.8 Å². The van der Waals surface area contributed by atoms with Crippen molar-refractivity contribution in [3.8, 4) is 0 Å². The molecule has 0 aromatic heterocycles. The molecule has 0 rings (SSSR count). The molecule has 0 nitrogen and oxygen atoms in total. The maximum absolute atomic E-state index is 2.36. The van der Waals surface area contributed by atoms with Crippen LogP contribution in [0.15, 0.2) is 0 Å². The molecule has 0 unspecified atom stereocenters. The first-order valence-corrected chi connectivity index (χ1v) is 4.71. The predicted molar refractivity (Wildman–Crippen MR) is 50.1 cm³/mol. The van der Waals surface area contributed by atoms with E-state index in [1.165, 1.54) is 0 Å². The van der Waals surface area contributed by atoms with E-state index in [0.717, 1.165) is 19.7 Å². The Morgan fingerprint density at radius 3 is 1.44 bits per heavy atom. The quantitative estimate of drug-likeness (QED) is 0.522. The third-order valence-corrected chi connectivity index (χ3v) is 2.58. The molecule has 0 aliphatic carbocycles. The Labute approximate surface area is 59.7 Å². The molecule has 1 heteroatoms. The molecular weight excluding hydrogens is 127 g/mol. The van der Waals surface area contributed by atoms with Gasteiger partial charge in [0.15, 0.2) is 0 Å². The van der Waals surface area contributed by atoms with Crippen LogP contribution in [0.5, 0.6) is 0 Å². The van der Waals surface area contributed by atoms with Crippen LogP contribution in [-0.2, 0) is 0 Å². The van der Waals surface area contributed by atoms with Gasteiger partial charge in [-0.2, -0.15) is 0 Å². The van der Waals surface area contributed by atoms with E-state index >= 15 is 0 Å². The van der Waals surface area contributed by atoms with Crippen molar-refractivity contribution in [3.05, 3.63) is 0 Å². The number of hydrogen-bond donors (Lipinski definition) is 0. The lowest BCUT2D eigenvalue weighted by molar-refractivity contribution is 0.918. The lowest BCUT2D eigenvalue weighted by Gasteiger charge is -1.90. The van der Waals surface area contributed by atoms with Crippen LogP contribution in [-0.4, -0.2) is 11.6 Å². The first-order valence-electron chi connectivity index (χ1n) is 3.55. The smallest absolute Gasteiger partial charge is 0.0253 e. The average Bonchev–Trinajstić information content (AvgIpc) is 1.63. The molecule has 9 heavy (non-hydrogen) atoms. The first kappa shape index (κ1) is 9.04. The lowest BCUT2D eigenvalue weighted by Crippen LogP contribution is -1.84. The molecule has 0 aliphatic rings. The highest BCUT2D eigenvalue weighted by atomic mass is 31.0. The highest BCUT2D eigenvalue weighted by molar-refractivity contribution is 7.38. The zero-order valence-electron chi connectivity index (χ0n) is 6.81. The van der Waals surface area contributed by atoms with Crippen LogP contribution >= 0.6 is 7.83 Å². The first-order chi connectivity index (χ1) is 4.13. The van der Waals surface area contributed by atoms with E-state index < -0.39 is 0 Å². The molecule has 0 aromatic carbocycles. The Morgan fingerprint density at radius 1 is 0.889 bits per heavy atom. The summed E-state index contributed by atoms with van der Waals surface area (Å²) in [4.78, 5) is 0. The van der Waals surface area contributed by atoms with E-state index in [4.69, 9.17) is 0 Å². The van der Waals surface area contributed by atoms with E-state index in [2.05, 4.69) is 39.3 Å². The number of rotatable bonds is 2. The molecule has 0 saturated carbocycles. The molecule has 0 heterocycles. The van der Waals surface area contributed by atoms with E-state index in [1.807, 2.05) is 0 Å². The van der Waals surface area contributed by atoms with Crippen LogP contribution in [0.1, 0.15) is 27.7 Å². The van der Waals surface area contributed by atoms with Crippen LogP contribution in [0.4, 0.5) is 0 Å². The van der Waals surface area contributed by atoms with E-state index in [9.17, 15) is 0 Å². The average molecular weight is 144 g/mol. The Bertz CT molecular complexity index is 105. The maximum atomic E-state index is 2.36. The summed E-state index contributed by atoms with van der Waals surface area (Å²) in [7, 11) is 0.943. The summed E-state index contributed by atoms with van der Waals surface area (Å²) in [5.74, 6) is 6.22. The van der Waals surface area contributed by atoms with Crippen molar-refractivity contribution in [2.45, 2.75) is 27.7 Å². The van der Waals surface area contributed by atoms with Gasteiger partial charge in [-0.05, 0) is 11.8 Å². The highest BCUT2D eigenvalue weighted by Gasteiger charge is 1.80. The lowest BCUT2D eigenvalue weighted by atomic mass is 10.3. The van der Waals surface area contributed by atoms with Gasteiger partial charge in [-0.25, -0.2) is 0 Å². The van der Waals surface area contributed by atoms with Crippen molar-refractivity contribution in [2.75, 3.05) is 0 Å². The van der Waals surface area contributed by atoms with Gasteiger partial charge in [0.2, 0.25) is 0 Å². The zero-order chi connectivity index (χ0) is 7.28. The van der Waals surface area contributed by atoms with Gasteiger partial charge in [0.1, 0.15) is 0 Å². The van der Waals surface area contributed by atoms with Crippen LogP contribution in [0.3, 0.4) is 0 Å². The minimum absolute atomic E-state index is 0.748. The topological polar surface area (TPSA) is 0 Å². The monoisotopic (exact) mass is 144 g/mol. The van der Waals surface area contributed by atoms with Crippen LogP contribution < -0.4 is 0 Å². The molecule has 54 valence electrons.